The lowest BCUT2D eigenvalue weighted by molar-refractivity contribution is -0.120. The molecule has 0 spiro atoms. The normalized spacial score (nSPS) is 19.3. The summed E-state index contributed by atoms with van der Waals surface area (Å²) >= 11 is 1.52. The molecule has 1 N–H and O–H groups in total. The summed E-state index contributed by atoms with van der Waals surface area (Å²) in [6.45, 7) is 4.67. The smallest absolute Gasteiger partial charge is 0.233 e. The third-order valence-electron chi connectivity index (χ3n) is 4.53. The summed E-state index contributed by atoms with van der Waals surface area (Å²) in [7, 11) is 0. The Bertz CT molecular complexity index is 591. The van der Waals surface area contributed by atoms with Gasteiger partial charge in [-0.05, 0) is 58.8 Å². The SMILES string of the molecule is Cc1nnc(S[C@@H](C)C(=O)NCCC2=CCCCC2)n1C1CC1. The highest BCUT2D eigenvalue weighted by molar-refractivity contribution is 8.00. The van der Waals surface area contributed by atoms with Gasteiger partial charge in [0.25, 0.3) is 0 Å². The van der Waals surface area contributed by atoms with Crippen molar-refractivity contribution in [1.29, 1.82) is 0 Å². The van der Waals surface area contributed by atoms with Gasteiger partial charge in [-0.15, -0.1) is 10.2 Å². The predicted octanol–water partition coefficient (Wildman–Crippen LogP) is 3.41. The number of nitrogens with one attached hydrogen (secondary N) is 1. The van der Waals surface area contributed by atoms with E-state index in [1.54, 1.807) is 0 Å². The van der Waals surface area contributed by atoms with E-state index < -0.39 is 0 Å². The molecule has 0 aliphatic heterocycles. The van der Waals surface area contributed by atoms with Crippen LogP contribution in [-0.2, 0) is 4.79 Å². The molecule has 1 aromatic heterocycles. The van der Waals surface area contributed by atoms with Crippen molar-refractivity contribution in [2.75, 3.05) is 6.54 Å². The van der Waals surface area contributed by atoms with Gasteiger partial charge in [-0.25, -0.2) is 0 Å². The minimum atomic E-state index is -0.142. The van der Waals surface area contributed by atoms with Crippen LogP contribution in [0.1, 0.15) is 63.7 Å². The van der Waals surface area contributed by atoms with Crippen LogP contribution in [0.25, 0.3) is 0 Å². The second-order valence-electron chi connectivity index (χ2n) is 6.54. The molecule has 1 heterocycles. The van der Waals surface area contributed by atoms with E-state index in [1.807, 2.05) is 13.8 Å². The largest absolute Gasteiger partial charge is 0.355 e. The number of carbonyl (C=O) groups is 1. The van der Waals surface area contributed by atoms with Gasteiger partial charge in [0, 0.05) is 12.6 Å². The van der Waals surface area contributed by atoms with Crippen molar-refractivity contribution in [2.24, 2.45) is 0 Å². The first-order valence-corrected chi connectivity index (χ1v) is 9.57. The fraction of sp³-hybridized carbons (Fsp3) is 0.706. The molecule has 1 atom stereocenters. The number of hydrogen-bond acceptors (Lipinski definition) is 4. The zero-order valence-corrected chi connectivity index (χ0v) is 14.9. The molecule has 0 aromatic carbocycles. The molecule has 5 nitrogen and oxygen atoms in total. The molecule has 23 heavy (non-hydrogen) atoms. The molecule has 2 aliphatic rings. The van der Waals surface area contributed by atoms with Gasteiger partial charge in [-0.2, -0.15) is 0 Å². The van der Waals surface area contributed by atoms with Crippen molar-refractivity contribution < 1.29 is 4.79 Å². The number of aryl methyl sites for hydroxylation is 1. The lowest BCUT2D eigenvalue weighted by Crippen LogP contribution is -2.32. The third-order valence-corrected chi connectivity index (χ3v) is 5.59. The maximum Gasteiger partial charge on any atom is 0.233 e. The minimum absolute atomic E-state index is 0.0920. The van der Waals surface area contributed by atoms with Gasteiger partial charge in [-0.1, -0.05) is 23.4 Å². The monoisotopic (exact) mass is 334 g/mol. The third kappa shape index (κ3) is 4.37. The van der Waals surface area contributed by atoms with Crippen LogP contribution in [0.5, 0.6) is 0 Å². The molecule has 1 aromatic rings. The Kier molecular flexibility index (Phi) is 5.41. The predicted molar refractivity (Wildman–Crippen MR) is 92.5 cm³/mol. The summed E-state index contributed by atoms with van der Waals surface area (Å²) in [4.78, 5) is 12.3. The van der Waals surface area contributed by atoms with Crippen LogP contribution in [0.4, 0.5) is 0 Å². The maximum absolute atomic E-state index is 12.3. The molecule has 0 bridgehead atoms. The summed E-state index contributed by atoms with van der Waals surface area (Å²) in [5.74, 6) is 1.04. The molecule has 126 valence electrons. The zero-order chi connectivity index (χ0) is 16.2. The van der Waals surface area contributed by atoms with Crippen LogP contribution in [-0.4, -0.2) is 32.5 Å². The van der Waals surface area contributed by atoms with Crippen LogP contribution < -0.4 is 5.32 Å². The van der Waals surface area contributed by atoms with Crippen molar-refractivity contribution in [3.8, 4) is 0 Å². The van der Waals surface area contributed by atoms with E-state index in [4.69, 9.17) is 0 Å². The van der Waals surface area contributed by atoms with Crippen molar-refractivity contribution in [2.45, 2.75) is 75.2 Å². The minimum Gasteiger partial charge on any atom is -0.355 e. The Morgan fingerprint density at radius 2 is 2.26 bits per heavy atom. The Balaban J connectivity index is 1.47. The van der Waals surface area contributed by atoms with Gasteiger partial charge >= 0.3 is 0 Å². The van der Waals surface area contributed by atoms with Crippen LogP contribution in [0.2, 0.25) is 0 Å². The molecular formula is C17H26N4OS. The van der Waals surface area contributed by atoms with Crippen LogP contribution in [0.3, 0.4) is 0 Å². The molecule has 0 unspecified atom stereocenters. The lowest BCUT2D eigenvalue weighted by Gasteiger charge is -2.15. The summed E-state index contributed by atoms with van der Waals surface area (Å²) in [6, 6.07) is 0.543. The Labute approximate surface area is 142 Å². The number of rotatable bonds is 7. The number of carbonyl (C=O) groups excluding carboxylic acids is 1. The van der Waals surface area contributed by atoms with Gasteiger partial charge in [-0.3, -0.25) is 4.79 Å². The van der Waals surface area contributed by atoms with E-state index in [9.17, 15) is 4.79 Å². The first-order chi connectivity index (χ1) is 11.1. The number of hydrogen-bond donors (Lipinski definition) is 1. The summed E-state index contributed by atoms with van der Waals surface area (Å²) in [5, 5.41) is 12.2. The Morgan fingerprint density at radius 1 is 1.43 bits per heavy atom. The average Bonchev–Trinajstić information content (AvgIpc) is 3.32. The highest BCUT2D eigenvalue weighted by Gasteiger charge is 2.29. The highest BCUT2D eigenvalue weighted by Crippen LogP contribution is 2.39. The molecule has 1 fully saturated rings. The van der Waals surface area contributed by atoms with Gasteiger partial charge in [0.2, 0.25) is 5.91 Å². The van der Waals surface area contributed by atoms with E-state index in [2.05, 4.69) is 26.2 Å². The molecule has 3 rings (SSSR count). The fourth-order valence-corrected chi connectivity index (χ4v) is 4.01. The lowest BCUT2D eigenvalue weighted by atomic mass is 9.97. The van der Waals surface area contributed by atoms with E-state index in [0.29, 0.717) is 6.04 Å². The number of thioether (sulfide) groups is 1. The Morgan fingerprint density at radius 3 is 2.96 bits per heavy atom. The number of allylic oxidation sites excluding steroid dienone is 1. The summed E-state index contributed by atoms with van der Waals surface area (Å²) in [5.41, 5.74) is 1.50. The van der Waals surface area contributed by atoms with Crippen LogP contribution in [0.15, 0.2) is 16.8 Å². The average molecular weight is 334 g/mol. The van der Waals surface area contributed by atoms with E-state index >= 15 is 0 Å². The highest BCUT2D eigenvalue weighted by atomic mass is 32.2. The summed E-state index contributed by atoms with van der Waals surface area (Å²) < 4.78 is 2.18. The number of amides is 1. The second kappa shape index (κ2) is 7.51. The zero-order valence-electron chi connectivity index (χ0n) is 14.0. The van der Waals surface area contributed by atoms with Gasteiger partial charge in [0.15, 0.2) is 5.16 Å². The van der Waals surface area contributed by atoms with Crippen LogP contribution in [0, 0.1) is 6.92 Å². The molecule has 1 saturated carbocycles. The maximum atomic E-state index is 12.3. The molecule has 2 aliphatic carbocycles. The van der Waals surface area contributed by atoms with Crippen LogP contribution >= 0.6 is 11.8 Å². The number of aromatic nitrogens is 3. The molecule has 0 radical (unpaired) electrons. The van der Waals surface area contributed by atoms with Gasteiger partial charge in [0.05, 0.1) is 5.25 Å². The molecular weight excluding hydrogens is 308 g/mol. The van der Waals surface area contributed by atoms with E-state index in [-0.39, 0.29) is 11.2 Å². The van der Waals surface area contributed by atoms with Gasteiger partial charge in [0.1, 0.15) is 5.82 Å². The van der Waals surface area contributed by atoms with Crippen molar-refractivity contribution >= 4 is 17.7 Å². The van der Waals surface area contributed by atoms with Crippen molar-refractivity contribution in [3.05, 3.63) is 17.5 Å². The topological polar surface area (TPSA) is 59.8 Å². The van der Waals surface area contributed by atoms with E-state index in [0.717, 1.165) is 23.9 Å². The molecule has 0 saturated heterocycles. The standard InChI is InChI=1S/C17H26N4OS/c1-12(16(22)18-11-10-14-6-4-3-5-7-14)23-17-20-19-13(2)21(17)15-8-9-15/h6,12,15H,3-5,7-11H2,1-2H3,(H,18,22)/t12-/m0/s1. The number of nitrogens with zero attached hydrogens (tertiary/aromatic N) is 3. The summed E-state index contributed by atoms with van der Waals surface area (Å²) in [6.07, 6.45) is 10.7. The molecule has 1 amide bonds. The fourth-order valence-electron chi connectivity index (χ4n) is 3.02. The second-order valence-corrected chi connectivity index (χ2v) is 7.85. The molecule has 6 heteroatoms. The first-order valence-electron chi connectivity index (χ1n) is 8.69. The van der Waals surface area contributed by atoms with Crippen molar-refractivity contribution in [3.63, 3.8) is 0 Å². The quantitative estimate of drug-likeness (QED) is 0.613. The first kappa shape index (κ1) is 16.6. The van der Waals surface area contributed by atoms with Gasteiger partial charge < -0.3 is 9.88 Å². The van der Waals surface area contributed by atoms with Crippen molar-refractivity contribution in [1.82, 2.24) is 20.1 Å². The Hall–Kier alpha value is -1.30. The van der Waals surface area contributed by atoms with E-state index in [1.165, 1.54) is 55.9 Å².